The van der Waals surface area contributed by atoms with E-state index in [4.69, 9.17) is 4.74 Å². The van der Waals surface area contributed by atoms with Crippen LogP contribution in [0.25, 0.3) is 0 Å². The minimum Gasteiger partial charge on any atom is -0.468 e. The number of nitrogens with zero attached hydrogens (tertiary/aromatic N) is 3. The highest BCUT2D eigenvalue weighted by Gasteiger charge is 2.52. The lowest BCUT2D eigenvalue weighted by molar-refractivity contribution is -0.151. The summed E-state index contributed by atoms with van der Waals surface area (Å²) >= 11 is 0. The standard InChI is InChI=1S/C27H27F6N3O4/c1-15-6-4-5-7-19(15)22-21-13-20(24(38)40-3)23(37)35(21)8-9-36(22)25(39)34(2)14-16-10-17(26(28,29)30)12-18(11-16)27(31,32)33/h4-7,10-12,20-22H,8-9,13-14H2,1-3H3. The summed E-state index contributed by atoms with van der Waals surface area (Å²) in [5.41, 5.74) is -1.77. The van der Waals surface area contributed by atoms with Gasteiger partial charge in [0.05, 0.1) is 30.3 Å². The lowest BCUT2D eigenvalue weighted by Gasteiger charge is -2.46. The van der Waals surface area contributed by atoms with E-state index in [9.17, 15) is 40.7 Å². The van der Waals surface area contributed by atoms with Gasteiger partial charge in [0.15, 0.2) is 0 Å². The van der Waals surface area contributed by atoms with Crippen LogP contribution < -0.4 is 0 Å². The van der Waals surface area contributed by atoms with Crippen molar-refractivity contribution in [1.29, 1.82) is 0 Å². The third-order valence-electron chi connectivity index (χ3n) is 7.37. The van der Waals surface area contributed by atoms with E-state index in [2.05, 4.69) is 0 Å². The number of aryl methyl sites for hydroxylation is 1. The fourth-order valence-electron chi connectivity index (χ4n) is 5.49. The molecule has 3 unspecified atom stereocenters. The summed E-state index contributed by atoms with van der Waals surface area (Å²) in [7, 11) is 2.46. The molecule has 4 rings (SSSR count). The Balaban J connectivity index is 1.67. The number of piperazine rings is 1. The monoisotopic (exact) mass is 571 g/mol. The Kier molecular flexibility index (Phi) is 7.79. The van der Waals surface area contributed by atoms with Crippen LogP contribution >= 0.6 is 0 Å². The van der Waals surface area contributed by atoms with Gasteiger partial charge in [0.2, 0.25) is 5.91 Å². The summed E-state index contributed by atoms with van der Waals surface area (Å²) in [6.07, 6.45) is -9.95. The normalized spacial score (nSPS) is 21.3. The van der Waals surface area contributed by atoms with Crippen molar-refractivity contribution in [3.63, 3.8) is 0 Å². The highest BCUT2D eigenvalue weighted by Crippen LogP contribution is 2.42. The van der Waals surface area contributed by atoms with Gasteiger partial charge in [-0.2, -0.15) is 26.3 Å². The van der Waals surface area contributed by atoms with Crippen LogP contribution in [0, 0.1) is 12.8 Å². The molecule has 0 saturated carbocycles. The maximum absolute atomic E-state index is 13.7. The molecule has 2 saturated heterocycles. The summed E-state index contributed by atoms with van der Waals surface area (Å²) in [5, 5.41) is 0. The van der Waals surface area contributed by atoms with E-state index >= 15 is 0 Å². The Hall–Kier alpha value is -3.77. The molecule has 0 bridgehead atoms. The van der Waals surface area contributed by atoms with Gasteiger partial charge in [-0.05, 0) is 48.2 Å². The molecule has 0 N–H and O–H groups in total. The van der Waals surface area contributed by atoms with E-state index in [1.165, 1.54) is 24.0 Å². The number of halogens is 6. The van der Waals surface area contributed by atoms with Crippen molar-refractivity contribution in [2.75, 3.05) is 27.2 Å². The van der Waals surface area contributed by atoms with E-state index in [1.807, 2.05) is 13.0 Å². The van der Waals surface area contributed by atoms with Gasteiger partial charge in [-0.3, -0.25) is 9.59 Å². The minimum absolute atomic E-state index is 0.0353. The van der Waals surface area contributed by atoms with Crippen molar-refractivity contribution >= 4 is 17.9 Å². The lowest BCUT2D eigenvalue weighted by Crippen LogP contribution is -2.57. The number of fused-ring (bicyclic) bond motifs is 1. The number of ether oxygens (including phenoxy) is 1. The van der Waals surface area contributed by atoms with E-state index < -0.39 is 65.9 Å². The number of esters is 1. The van der Waals surface area contributed by atoms with Crippen LogP contribution in [-0.4, -0.2) is 65.9 Å². The van der Waals surface area contributed by atoms with Gasteiger partial charge in [0, 0.05) is 26.7 Å². The predicted molar refractivity (Wildman–Crippen MR) is 130 cm³/mol. The molecule has 0 radical (unpaired) electrons. The Labute approximate surface area is 226 Å². The van der Waals surface area contributed by atoms with Gasteiger partial charge in [0.1, 0.15) is 5.92 Å². The second kappa shape index (κ2) is 10.7. The number of urea groups is 1. The Morgan fingerprint density at radius 3 is 2.15 bits per heavy atom. The summed E-state index contributed by atoms with van der Waals surface area (Å²) in [4.78, 5) is 43.0. The molecule has 2 aromatic carbocycles. The number of amides is 3. The average Bonchev–Trinajstić information content (AvgIpc) is 3.22. The zero-order valence-electron chi connectivity index (χ0n) is 21.8. The Bertz CT molecular complexity index is 1280. The number of carbonyl (C=O) groups is 3. The SMILES string of the molecule is COC(=O)C1CC2C(c3ccccc3C)N(C(=O)N(C)Cc3cc(C(F)(F)F)cc(C(F)(F)F)c3)CCN2C1=O. The molecule has 216 valence electrons. The molecule has 0 aliphatic carbocycles. The average molecular weight is 572 g/mol. The first-order valence-electron chi connectivity index (χ1n) is 12.4. The molecule has 2 heterocycles. The molecule has 3 amide bonds. The summed E-state index contributed by atoms with van der Waals surface area (Å²) in [6.45, 7) is 1.42. The van der Waals surface area contributed by atoms with Crippen LogP contribution in [0.15, 0.2) is 42.5 Å². The van der Waals surface area contributed by atoms with E-state index in [0.29, 0.717) is 17.7 Å². The molecule has 0 aromatic heterocycles. The molecule has 0 spiro atoms. The highest BCUT2D eigenvalue weighted by molar-refractivity contribution is 5.99. The third-order valence-corrected chi connectivity index (χ3v) is 7.37. The zero-order chi connectivity index (χ0) is 29.6. The van der Waals surface area contributed by atoms with Crippen molar-refractivity contribution in [3.05, 3.63) is 70.3 Å². The minimum atomic E-state index is -5.02. The molecule has 2 aromatic rings. The second-order valence-electron chi connectivity index (χ2n) is 9.96. The van der Waals surface area contributed by atoms with Crippen LogP contribution in [0.2, 0.25) is 0 Å². The first-order chi connectivity index (χ1) is 18.6. The van der Waals surface area contributed by atoms with Gasteiger partial charge >= 0.3 is 24.4 Å². The second-order valence-corrected chi connectivity index (χ2v) is 9.96. The quantitative estimate of drug-likeness (QED) is 0.293. The molecule has 3 atom stereocenters. The third kappa shape index (κ3) is 5.59. The Morgan fingerprint density at radius 2 is 1.60 bits per heavy atom. The smallest absolute Gasteiger partial charge is 0.416 e. The van der Waals surface area contributed by atoms with Crippen LogP contribution in [0.4, 0.5) is 31.1 Å². The number of hydrogen-bond acceptors (Lipinski definition) is 4. The Morgan fingerprint density at radius 1 is 1.00 bits per heavy atom. The maximum Gasteiger partial charge on any atom is 0.416 e. The van der Waals surface area contributed by atoms with E-state index in [0.717, 1.165) is 10.5 Å². The molecule has 13 heteroatoms. The number of hydrogen-bond donors (Lipinski definition) is 0. The van der Waals surface area contributed by atoms with Gasteiger partial charge < -0.3 is 19.4 Å². The van der Waals surface area contributed by atoms with Crippen LogP contribution in [0.5, 0.6) is 0 Å². The van der Waals surface area contributed by atoms with Crippen molar-refractivity contribution in [1.82, 2.24) is 14.7 Å². The van der Waals surface area contributed by atoms with Gasteiger partial charge in [-0.1, -0.05) is 24.3 Å². The number of alkyl halides is 6. The van der Waals surface area contributed by atoms with Crippen LogP contribution in [0.3, 0.4) is 0 Å². The molecule has 2 aliphatic rings. The van der Waals surface area contributed by atoms with E-state index in [1.54, 1.807) is 18.2 Å². The molecule has 40 heavy (non-hydrogen) atoms. The number of carbonyl (C=O) groups excluding carboxylic acids is 3. The van der Waals surface area contributed by atoms with E-state index in [-0.39, 0.29) is 31.1 Å². The fourth-order valence-corrected chi connectivity index (χ4v) is 5.49. The number of benzene rings is 2. The summed E-state index contributed by atoms with van der Waals surface area (Å²) in [5.74, 6) is -2.15. The first-order valence-corrected chi connectivity index (χ1v) is 12.4. The maximum atomic E-state index is 13.7. The van der Waals surface area contributed by atoms with Crippen molar-refractivity contribution in [2.24, 2.45) is 5.92 Å². The first kappa shape index (κ1) is 29.2. The van der Waals surface area contributed by atoms with Gasteiger partial charge in [-0.15, -0.1) is 0 Å². The molecular weight excluding hydrogens is 544 g/mol. The largest absolute Gasteiger partial charge is 0.468 e. The fraction of sp³-hybridized carbons (Fsp3) is 0.444. The van der Waals surface area contributed by atoms with Crippen LogP contribution in [-0.2, 0) is 33.2 Å². The highest BCUT2D eigenvalue weighted by atomic mass is 19.4. The van der Waals surface area contributed by atoms with Crippen molar-refractivity contribution in [2.45, 2.75) is 44.3 Å². The molecular formula is C27H27F6N3O4. The van der Waals surface area contributed by atoms with Crippen molar-refractivity contribution in [3.8, 4) is 0 Å². The molecule has 2 aliphatic heterocycles. The topological polar surface area (TPSA) is 70.2 Å². The number of methoxy groups -OCH3 is 1. The van der Waals surface area contributed by atoms with Gasteiger partial charge in [-0.25, -0.2) is 4.79 Å². The van der Waals surface area contributed by atoms with Crippen molar-refractivity contribution < 1.29 is 45.5 Å². The molecule has 7 nitrogen and oxygen atoms in total. The summed E-state index contributed by atoms with van der Waals surface area (Å²) in [6, 6.07) is 6.41. The van der Waals surface area contributed by atoms with Crippen LogP contribution in [0.1, 0.15) is 40.3 Å². The van der Waals surface area contributed by atoms with Gasteiger partial charge in [0.25, 0.3) is 0 Å². The summed E-state index contributed by atoms with van der Waals surface area (Å²) < 4.78 is 84.9. The number of rotatable bonds is 4. The zero-order valence-corrected chi connectivity index (χ0v) is 21.8. The molecule has 2 fully saturated rings. The lowest BCUT2D eigenvalue weighted by atomic mass is 9.89. The predicted octanol–water partition coefficient (Wildman–Crippen LogP) is 5.03.